The Labute approximate surface area is 496 Å². The van der Waals surface area contributed by atoms with E-state index in [1.165, 1.54) is 34.6 Å². The van der Waals surface area contributed by atoms with E-state index < -0.39 is 30.7 Å². The second kappa shape index (κ2) is 26.7. The number of hydrogen-bond donors (Lipinski definition) is 1. The zero-order valence-corrected chi connectivity index (χ0v) is 48.2. The van der Waals surface area contributed by atoms with Crippen LogP contribution in [0, 0.1) is 37.8 Å². The maximum atomic E-state index is 13.2. The van der Waals surface area contributed by atoms with Gasteiger partial charge in [0.2, 0.25) is 10.0 Å². The van der Waals surface area contributed by atoms with E-state index in [1.54, 1.807) is 18.2 Å². The number of fused-ring (bicyclic) bond motifs is 6. The number of sulfonamides is 1. The summed E-state index contributed by atoms with van der Waals surface area (Å²) in [5.41, 5.74) is 11.8. The summed E-state index contributed by atoms with van der Waals surface area (Å²) in [6.07, 6.45) is 6.36. The Morgan fingerprint density at radius 2 is 0.953 bits per heavy atom. The lowest BCUT2D eigenvalue weighted by Crippen LogP contribution is -2.44. The lowest BCUT2D eigenvalue weighted by Gasteiger charge is -2.31. The predicted octanol–water partition coefficient (Wildman–Crippen LogP) is 13.4. The van der Waals surface area contributed by atoms with Gasteiger partial charge in [-0.25, -0.2) is 25.6 Å². The maximum absolute atomic E-state index is 13.2. The SMILES string of the molecule is O=S(=O)(Cl)c1ccc(F)cc1.O=[N+]([O-])c1ccc2c(c1)C(=Cc1ccccc1OCCC1CCN(S(=O)(=O)c3ccc(F)cc3)CC1)c1ccccc1-2.O=[N+]([O-])c1ccc2c(c1)C(=Cc1ccccc1OCCN1CCNCC1)c1ccccc1-2. The van der Waals surface area contributed by atoms with Crippen molar-refractivity contribution in [3.05, 3.63) is 247 Å². The molecule has 2 aliphatic heterocycles. The van der Waals surface area contributed by atoms with Crippen molar-refractivity contribution in [2.45, 2.75) is 29.1 Å². The lowest BCUT2D eigenvalue weighted by atomic mass is 9.95. The van der Waals surface area contributed by atoms with Gasteiger partial charge in [-0.05, 0) is 166 Å². The summed E-state index contributed by atoms with van der Waals surface area (Å²) in [6, 6.07) is 51.2. The third-order valence-electron chi connectivity index (χ3n) is 15.2. The van der Waals surface area contributed by atoms with Crippen molar-refractivity contribution in [3.63, 3.8) is 0 Å². The first kappa shape index (κ1) is 59.7. The van der Waals surface area contributed by atoms with Gasteiger partial charge in [-0.1, -0.05) is 84.9 Å². The summed E-state index contributed by atoms with van der Waals surface area (Å²) in [5.74, 6) is 0.912. The minimum absolute atomic E-state index is 0.0495. The molecule has 0 unspecified atom stereocenters. The van der Waals surface area contributed by atoms with Crippen molar-refractivity contribution in [1.29, 1.82) is 0 Å². The Kier molecular flexibility index (Phi) is 18.7. The standard InChI is InChI=1S/C33H29FN2O5S.C26H25N3O3.C6H4ClFO2S/c34-25-9-12-27(13-10-25)42(39,40)35-18-15-23(16-19-35)17-20-41-33-8-4-1-5-24(33)21-31-29-7-3-2-6-28(29)30-14-11-26(36(37)38)22-32(30)31;30-29(31)20-9-10-23-21-6-2-3-7-22(21)24(25(23)18-20)17-19-5-1-4-8-26(19)32-16-15-28-13-11-27-12-14-28;7-11(9,10)6-3-1-5(8)2-4-6/h1-14,21-23H,15-20H2;1-10,17-18,27H,11-16H2;1-4H. The van der Waals surface area contributed by atoms with Crippen molar-refractivity contribution in [2.24, 2.45) is 5.92 Å². The molecule has 0 spiro atoms. The number of nitrogens with one attached hydrogen (secondary N) is 1. The normalized spacial score (nSPS) is 15.8. The summed E-state index contributed by atoms with van der Waals surface area (Å²) < 4.78 is 86.4. The van der Waals surface area contributed by atoms with E-state index in [1.807, 2.05) is 103 Å². The van der Waals surface area contributed by atoms with Crippen LogP contribution in [0.5, 0.6) is 11.5 Å². The molecule has 436 valence electrons. The molecule has 4 aliphatic rings. The van der Waals surface area contributed by atoms with Gasteiger partial charge in [-0.3, -0.25) is 25.1 Å². The van der Waals surface area contributed by atoms with Crippen LogP contribution in [0.15, 0.2) is 192 Å². The van der Waals surface area contributed by atoms with Gasteiger partial charge < -0.3 is 14.8 Å². The highest BCUT2D eigenvalue weighted by atomic mass is 35.7. The highest BCUT2D eigenvalue weighted by molar-refractivity contribution is 8.13. The second-order valence-electron chi connectivity index (χ2n) is 20.5. The van der Waals surface area contributed by atoms with Crippen LogP contribution in [0.2, 0.25) is 0 Å². The van der Waals surface area contributed by atoms with Gasteiger partial charge in [-0.2, -0.15) is 4.31 Å². The quantitative estimate of drug-likeness (QED) is 0.0581. The fourth-order valence-corrected chi connectivity index (χ4v) is 13.1. The monoisotopic (exact) mass is 1210 g/mol. The van der Waals surface area contributed by atoms with E-state index in [0.29, 0.717) is 32.2 Å². The van der Waals surface area contributed by atoms with Crippen LogP contribution >= 0.6 is 10.7 Å². The largest absolute Gasteiger partial charge is 0.493 e. The molecule has 2 fully saturated rings. The van der Waals surface area contributed by atoms with Crippen LogP contribution in [0.3, 0.4) is 0 Å². The van der Waals surface area contributed by atoms with Gasteiger partial charge in [0.05, 0.1) is 26.2 Å². The lowest BCUT2D eigenvalue weighted by molar-refractivity contribution is -0.385. The number of rotatable bonds is 15. The minimum atomic E-state index is -3.71. The molecule has 2 aliphatic carbocycles. The van der Waals surface area contributed by atoms with Crippen molar-refractivity contribution in [3.8, 4) is 33.8 Å². The van der Waals surface area contributed by atoms with E-state index in [4.69, 9.17) is 20.2 Å². The zero-order valence-electron chi connectivity index (χ0n) is 45.9. The fourth-order valence-electron chi connectivity index (χ4n) is 10.8. The molecule has 0 amide bonds. The van der Waals surface area contributed by atoms with E-state index >= 15 is 0 Å². The molecule has 0 saturated carbocycles. The Morgan fingerprint density at radius 3 is 1.42 bits per heavy atom. The summed E-state index contributed by atoms with van der Waals surface area (Å²) in [7, 11) is -2.39. The van der Waals surface area contributed by atoms with Gasteiger partial charge in [0, 0.05) is 91.9 Å². The van der Waals surface area contributed by atoms with Crippen molar-refractivity contribution in [1.82, 2.24) is 14.5 Å². The van der Waals surface area contributed by atoms with Crippen LogP contribution in [0.1, 0.15) is 52.6 Å². The number of para-hydroxylation sites is 2. The van der Waals surface area contributed by atoms with Crippen molar-refractivity contribution < 1.29 is 44.9 Å². The van der Waals surface area contributed by atoms with Crippen LogP contribution in [0.25, 0.3) is 45.6 Å². The first-order valence-electron chi connectivity index (χ1n) is 27.5. The first-order valence-corrected chi connectivity index (χ1v) is 31.3. The topological polar surface area (TPSA) is 192 Å². The highest BCUT2D eigenvalue weighted by Crippen LogP contribution is 2.48. The molecule has 20 heteroatoms. The third-order valence-corrected chi connectivity index (χ3v) is 18.5. The second-order valence-corrected chi connectivity index (χ2v) is 25.0. The summed E-state index contributed by atoms with van der Waals surface area (Å²) in [6.45, 7) is 6.96. The third kappa shape index (κ3) is 14.2. The van der Waals surface area contributed by atoms with Crippen LogP contribution in [0.4, 0.5) is 20.2 Å². The van der Waals surface area contributed by atoms with Gasteiger partial charge in [0.1, 0.15) is 29.7 Å². The number of piperidine rings is 1. The zero-order chi connectivity index (χ0) is 59.7. The number of benzene rings is 8. The Balaban J connectivity index is 0.000000164. The average Bonchev–Trinajstić information content (AvgIpc) is 1.86. The van der Waals surface area contributed by atoms with Gasteiger partial charge >= 0.3 is 0 Å². The molecule has 15 nitrogen and oxygen atoms in total. The molecule has 2 heterocycles. The maximum Gasteiger partial charge on any atom is 0.270 e. The van der Waals surface area contributed by atoms with Gasteiger partial charge in [-0.15, -0.1) is 0 Å². The van der Waals surface area contributed by atoms with E-state index in [9.17, 15) is 45.8 Å². The van der Waals surface area contributed by atoms with Crippen LogP contribution in [-0.4, -0.2) is 94.9 Å². The number of halogens is 3. The number of nitro groups is 2. The molecular formula is C65H58ClF2N5O10S2. The van der Waals surface area contributed by atoms with E-state index in [2.05, 4.69) is 28.4 Å². The average molecular weight is 1210 g/mol. The Morgan fingerprint density at radius 1 is 0.529 bits per heavy atom. The predicted molar refractivity (Wildman–Crippen MR) is 326 cm³/mol. The van der Waals surface area contributed by atoms with Crippen LogP contribution < -0.4 is 14.8 Å². The molecule has 2 saturated heterocycles. The molecule has 8 aromatic rings. The molecule has 85 heavy (non-hydrogen) atoms. The van der Waals surface area contributed by atoms with Gasteiger partial charge in [0.25, 0.3) is 20.4 Å². The molecule has 0 atom stereocenters. The number of nitro benzene ring substituents is 2. The fraction of sp³-hybridized carbons (Fsp3) is 0.200. The number of non-ortho nitro benzene ring substituents is 2. The molecule has 12 rings (SSSR count). The summed E-state index contributed by atoms with van der Waals surface area (Å²) in [4.78, 5) is 24.6. The molecule has 8 aromatic carbocycles. The number of ether oxygens (including phenoxy) is 2. The number of nitrogens with zero attached hydrogens (tertiary/aromatic N) is 4. The summed E-state index contributed by atoms with van der Waals surface area (Å²) >= 11 is 0. The molecular weight excluding hydrogens is 1150 g/mol. The molecule has 1 N–H and O–H groups in total. The molecule has 0 radical (unpaired) electrons. The summed E-state index contributed by atoms with van der Waals surface area (Å²) in [5, 5.41) is 26.3. The Hall–Kier alpha value is -8.43. The molecule has 0 bridgehead atoms. The smallest absolute Gasteiger partial charge is 0.270 e. The van der Waals surface area contributed by atoms with E-state index in [0.717, 1.165) is 155 Å². The van der Waals surface area contributed by atoms with Crippen LogP contribution in [-0.2, 0) is 19.1 Å². The van der Waals surface area contributed by atoms with Crippen molar-refractivity contribution in [2.75, 3.05) is 59.0 Å². The number of piperazine rings is 1. The Bertz CT molecular complexity index is 4060. The molecule has 0 aromatic heterocycles. The first-order chi connectivity index (χ1) is 41.0. The highest BCUT2D eigenvalue weighted by Gasteiger charge is 2.31. The van der Waals surface area contributed by atoms with E-state index in [-0.39, 0.29) is 31.0 Å². The van der Waals surface area contributed by atoms with Gasteiger partial charge in [0.15, 0.2) is 0 Å². The number of hydrogen-bond acceptors (Lipinski definition) is 12. The minimum Gasteiger partial charge on any atom is -0.493 e. The van der Waals surface area contributed by atoms with Crippen molar-refractivity contribution >= 4 is 64.4 Å².